The summed E-state index contributed by atoms with van der Waals surface area (Å²) in [4.78, 5) is 27.4. The molecule has 1 heterocycles. The van der Waals surface area contributed by atoms with Gasteiger partial charge in [0.05, 0.1) is 17.0 Å². The molecule has 2 aromatic carbocycles. The Labute approximate surface area is 172 Å². The SMILES string of the molecule is Cc1ccc(OCc2nc(CC(=O)Nc3cc(C)c([N+](=O)[O-])cc3C)cs2)cc1. The van der Waals surface area contributed by atoms with Crippen molar-refractivity contribution in [3.63, 3.8) is 0 Å². The second-order valence-electron chi connectivity index (χ2n) is 6.77. The van der Waals surface area contributed by atoms with Crippen LogP contribution in [0.15, 0.2) is 41.8 Å². The van der Waals surface area contributed by atoms with Crippen LogP contribution in [0.3, 0.4) is 0 Å². The van der Waals surface area contributed by atoms with Crippen molar-refractivity contribution < 1.29 is 14.5 Å². The summed E-state index contributed by atoms with van der Waals surface area (Å²) in [6.45, 7) is 5.73. The molecule has 0 atom stereocenters. The van der Waals surface area contributed by atoms with Gasteiger partial charge in [-0.3, -0.25) is 14.9 Å². The Kier molecular flexibility index (Phi) is 6.23. The van der Waals surface area contributed by atoms with Crippen molar-refractivity contribution in [2.24, 2.45) is 0 Å². The van der Waals surface area contributed by atoms with Crippen LogP contribution in [0, 0.1) is 30.9 Å². The van der Waals surface area contributed by atoms with Crippen molar-refractivity contribution in [3.05, 3.63) is 79.3 Å². The highest BCUT2D eigenvalue weighted by molar-refractivity contribution is 7.09. The fourth-order valence-corrected chi connectivity index (χ4v) is 3.47. The van der Waals surface area contributed by atoms with E-state index >= 15 is 0 Å². The molecule has 1 N–H and O–H groups in total. The zero-order valence-corrected chi connectivity index (χ0v) is 17.2. The van der Waals surface area contributed by atoms with E-state index in [4.69, 9.17) is 4.74 Å². The zero-order chi connectivity index (χ0) is 21.0. The van der Waals surface area contributed by atoms with Gasteiger partial charge in [0.1, 0.15) is 17.4 Å². The number of nitrogens with zero attached hydrogens (tertiary/aromatic N) is 2. The van der Waals surface area contributed by atoms with E-state index in [0.717, 1.165) is 10.8 Å². The van der Waals surface area contributed by atoms with Gasteiger partial charge < -0.3 is 10.1 Å². The topological polar surface area (TPSA) is 94.4 Å². The van der Waals surface area contributed by atoms with Crippen LogP contribution in [0.4, 0.5) is 11.4 Å². The highest BCUT2D eigenvalue weighted by Gasteiger charge is 2.15. The fraction of sp³-hybridized carbons (Fsp3) is 0.238. The average Bonchev–Trinajstić information content (AvgIpc) is 3.11. The largest absolute Gasteiger partial charge is 0.486 e. The minimum Gasteiger partial charge on any atom is -0.486 e. The number of benzene rings is 2. The van der Waals surface area contributed by atoms with Gasteiger partial charge in [0.15, 0.2) is 0 Å². The lowest BCUT2D eigenvalue weighted by Gasteiger charge is -2.09. The number of thiazole rings is 1. The summed E-state index contributed by atoms with van der Waals surface area (Å²) in [7, 11) is 0. The number of nitro benzene ring substituents is 1. The van der Waals surface area contributed by atoms with Crippen molar-refractivity contribution in [1.82, 2.24) is 4.98 Å². The van der Waals surface area contributed by atoms with E-state index in [2.05, 4.69) is 10.3 Å². The second-order valence-corrected chi connectivity index (χ2v) is 7.71. The van der Waals surface area contributed by atoms with Crippen LogP contribution in [-0.4, -0.2) is 15.8 Å². The Balaban J connectivity index is 1.58. The van der Waals surface area contributed by atoms with Gasteiger partial charge in [-0.25, -0.2) is 4.98 Å². The van der Waals surface area contributed by atoms with Crippen molar-refractivity contribution in [2.45, 2.75) is 33.8 Å². The molecule has 150 valence electrons. The number of nitrogens with one attached hydrogen (secondary N) is 1. The molecule has 0 saturated heterocycles. The number of nitro groups is 1. The van der Waals surface area contributed by atoms with Crippen LogP contribution in [0.25, 0.3) is 0 Å². The van der Waals surface area contributed by atoms with Gasteiger partial charge in [0, 0.05) is 22.7 Å². The Morgan fingerprint density at radius 1 is 1.17 bits per heavy atom. The number of carbonyl (C=O) groups is 1. The number of aryl methyl sites for hydroxylation is 3. The second kappa shape index (κ2) is 8.83. The van der Waals surface area contributed by atoms with Crippen LogP contribution < -0.4 is 10.1 Å². The lowest BCUT2D eigenvalue weighted by molar-refractivity contribution is -0.385. The molecule has 0 aliphatic carbocycles. The zero-order valence-electron chi connectivity index (χ0n) is 16.4. The molecule has 3 rings (SSSR count). The maximum absolute atomic E-state index is 12.4. The van der Waals surface area contributed by atoms with Crippen LogP contribution in [0.5, 0.6) is 5.75 Å². The number of amides is 1. The Morgan fingerprint density at radius 3 is 2.59 bits per heavy atom. The van der Waals surface area contributed by atoms with Gasteiger partial charge in [-0.2, -0.15) is 0 Å². The minimum atomic E-state index is -0.427. The van der Waals surface area contributed by atoms with Crippen LogP contribution >= 0.6 is 11.3 Å². The van der Waals surface area contributed by atoms with Crippen molar-refractivity contribution in [3.8, 4) is 5.75 Å². The fourth-order valence-electron chi connectivity index (χ4n) is 2.77. The molecule has 7 nitrogen and oxygen atoms in total. The first kappa shape index (κ1) is 20.5. The quantitative estimate of drug-likeness (QED) is 0.448. The number of hydrogen-bond acceptors (Lipinski definition) is 6. The summed E-state index contributed by atoms with van der Waals surface area (Å²) in [6.07, 6.45) is 0.122. The summed E-state index contributed by atoms with van der Waals surface area (Å²) in [5.74, 6) is 0.548. The number of hydrogen-bond donors (Lipinski definition) is 1. The van der Waals surface area contributed by atoms with Gasteiger partial charge in [-0.05, 0) is 44.5 Å². The predicted octanol–water partition coefficient (Wildman–Crippen LogP) is 4.74. The first-order chi connectivity index (χ1) is 13.8. The van der Waals surface area contributed by atoms with Crippen LogP contribution in [-0.2, 0) is 17.8 Å². The monoisotopic (exact) mass is 411 g/mol. The molecule has 1 amide bonds. The summed E-state index contributed by atoms with van der Waals surface area (Å²) in [5, 5.41) is 16.4. The molecule has 0 aliphatic heterocycles. The summed E-state index contributed by atoms with van der Waals surface area (Å²) in [6, 6.07) is 10.9. The van der Waals surface area contributed by atoms with Crippen LogP contribution in [0.1, 0.15) is 27.4 Å². The highest BCUT2D eigenvalue weighted by Crippen LogP contribution is 2.26. The Morgan fingerprint density at radius 2 is 1.90 bits per heavy atom. The number of anilines is 1. The lowest BCUT2D eigenvalue weighted by atomic mass is 10.1. The van der Waals surface area contributed by atoms with Crippen molar-refractivity contribution in [2.75, 3.05) is 5.32 Å². The predicted molar refractivity (Wildman–Crippen MR) is 113 cm³/mol. The molecule has 0 aliphatic rings. The maximum atomic E-state index is 12.4. The first-order valence-electron chi connectivity index (χ1n) is 9.00. The molecular formula is C21H21N3O4S. The third kappa shape index (κ3) is 5.39. The average molecular weight is 411 g/mol. The van der Waals surface area contributed by atoms with E-state index < -0.39 is 4.92 Å². The molecule has 0 saturated carbocycles. The van der Waals surface area contributed by atoms with Gasteiger partial charge >= 0.3 is 0 Å². The first-order valence-corrected chi connectivity index (χ1v) is 9.88. The Hall–Kier alpha value is -3.26. The standard InChI is InChI=1S/C21H21N3O4S/c1-13-4-6-17(7-5-13)28-11-21-22-16(12-29-21)10-20(25)23-18-8-15(3)19(24(26)27)9-14(18)2/h4-9,12H,10-11H2,1-3H3,(H,23,25). The smallest absolute Gasteiger partial charge is 0.272 e. The molecule has 0 spiro atoms. The van der Waals surface area contributed by atoms with E-state index in [0.29, 0.717) is 29.1 Å². The maximum Gasteiger partial charge on any atom is 0.272 e. The van der Waals surface area contributed by atoms with Gasteiger partial charge in [-0.1, -0.05) is 17.7 Å². The van der Waals surface area contributed by atoms with Gasteiger partial charge in [0.2, 0.25) is 5.91 Å². The third-order valence-electron chi connectivity index (χ3n) is 4.34. The minimum absolute atomic E-state index is 0.0400. The van der Waals surface area contributed by atoms with Gasteiger partial charge in [-0.15, -0.1) is 11.3 Å². The number of aromatic nitrogens is 1. The van der Waals surface area contributed by atoms with Gasteiger partial charge in [0.25, 0.3) is 5.69 Å². The molecule has 3 aromatic rings. The Bertz CT molecular complexity index is 1040. The normalized spacial score (nSPS) is 10.6. The molecule has 0 bridgehead atoms. The van der Waals surface area contributed by atoms with E-state index in [1.54, 1.807) is 19.9 Å². The lowest BCUT2D eigenvalue weighted by Crippen LogP contribution is -2.15. The highest BCUT2D eigenvalue weighted by atomic mass is 32.1. The third-order valence-corrected chi connectivity index (χ3v) is 5.21. The molecule has 0 fully saturated rings. The molecule has 0 radical (unpaired) electrons. The molecule has 8 heteroatoms. The molecule has 0 unspecified atom stereocenters. The van der Waals surface area contributed by atoms with E-state index in [1.165, 1.54) is 23.0 Å². The van der Waals surface area contributed by atoms with Crippen molar-refractivity contribution >= 4 is 28.6 Å². The number of rotatable bonds is 7. The summed E-state index contributed by atoms with van der Waals surface area (Å²) in [5.41, 5.74) is 3.57. The molecule has 1 aromatic heterocycles. The summed E-state index contributed by atoms with van der Waals surface area (Å²) < 4.78 is 5.71. The van der Waals surface area contributed by atoms with E-state index in [1.807, 2.05) is 36.6 Å². The van der Waals surface area contributed by atoms with E-state index in [-0.39, 0.29) is 18.0 Å². The molecular weight excluding hydrogens is 390 g/mol. The van der Waals surface area contributed by atoms with E-state index in [9.17, 15) is 14.9 Å². The number of ether oxygens (including phenoxy) is 1. The molecule has 29 heavy (non-hydrogen) atoms. The summed E-state index contributed by atoms with van der Waals surface area (Å²) >= 11 is 1.44. The number of carbonyl (C=O) groups excluding carboxylic acids is 1. The van der Waals surface area contributed by atoms with Crippen molar-refractivity contribution in [1.29, 1.82) is 0 Å². The van der Waals surface area contributed by atoms with Crippen LogP contribution in [0.2, 0.25) is 0 Å².